The van der Waals surface area contributed by atoms with Crippen LogP contribution >= 0.6 is 0 Å². The number of fused-ring (bicyclic) bond motifs is 3. The van der Waals surface area contributed by atoms with E-state index in [2.05, 4.69) is 22.1 Å². The summed E-state index contributed by atoms with van der Waals surface area (Å²) in [5, 5.41) is 4.23. The van der Waals surface area contributed by atoms with Crippen LogP contribution in [0.15, 0.2) is 24.5 Å². The van der Waals surface area contributed by atoms with Crippen molar-refractivity contribution in [2.45, 2.75) is 25.4 Å². The smallest absolute Gasteiger partial charge is 0.270 e. The molecule has 2 saturated heterocycles. The lowest BCUT2D eigenvalue weighted by Crippen LogP contribution is -2.45. The summed E-state index contributed by atoms with van der Waals surface area (Å²) in [5.74, 6) is 0.552. The maximum atomic E-state index is 12.4. The fourth-order valence-electron chi connectivity index (χ4n) is 3.78. The maximum absolute atomic E-state index is 12.4. The molecule has 2 bridgehead atoms. The number of piperidine rings is 1. The number of pyridine rings is 1. The van der Waals surface area contributed by atoms with Crippen LogP contribution in [-0.2, 0) is 7.05 Å². The van der Waals surface area contributed by atoms with Crippen LogP contribution in [0.2, 0.25) is 0 Å². The maximum Gasteiger partial charge on any atom is 0.270 e. The van der Waals surface area contributed by atoms with Crippen molar-refractivity contribution in [1.29, 1.82) is 0 Å². The van der Waals surface area contributed by atoms with E-state index in [0.717, 1.165) is 24.0 Å². The summed E-state index contributed by atoms with van der Waals surface area (Å²) in [5.41, 5.74) is 1.56. The zero-order valence-corrected chi connectivity index (χ0v) is 12.4. The van der Waals surface area contributed by atoms with Crippen LogP contribution in [-0.4, -0.2) is 45.5 Å². The molecule has 2 fully saturated rings. The first-order valence-corrected chi connectivity index (χ1v) is 7.58. The van der Waals surface area contributed by atoms with Gasteiger partial charge in [0.2, 0.25) is 0 Å². The van der Waals surface area contributed by atoms with E-state index in [-0.39, 0.29) is 11.9 Å². The van der Waals surface area contributed by atoms with Gasteiger partial charge < -0.3 is 9.88 Å². The number of amides is 1. The summed E-state index contributed by atoms with van der Waals surface area (Å²) in [4.78, 5) is 19.2. The summed E-state index contributed by atoms with van der Waals surface area (Å²) in [6.45, 7) is 4.37. The number of hydrogen-bond donors (Lipinski definition) is 1. The molecule has 0 spiro atoms. The van der Waals surface area contributed by atoms with Crippen molar-refractivity contribution in [3.63, 3.8) is 0 Å². The predicted molar refractivity (Wildman–Crippen MR) is 81.1 cm³/mol. The molecule has 4 heterocycles. The fourth-order valence-corrected chi connectivity index (χ4v) is 3.78. The van der Waals surface area contributed by atoms with E-state index in [1.54, 1.807) is 6.20 Å². The molecular formula is C16H20N4O. The summed E-state index contributed by atoms with van der Waals surface area (Å²) in [6, 6.07) is 4.84. The van der Waals surface area contributed by atoms with E-state index < -0.39 is 0 Å². The lowest BCUT2D eigenvalue weighted by Gasteiger charge is -2.27. The molecule has 5 heteroatoms. The Balaban J connectivity index is 1.51. The van der Waals surface area contributed by atoms with Gasteiger partial charge in [-0.25, -0.2) is 4.98 Å². The van der Waals surface area contributed by atoms with E-state index in [9.17, 15) is 4.79 Å². The van der Waals surface area contributed by atoms with E-state index in [0.29, 0.717) is 17.7 Å². The Labute approximate surface area is 123 Å². The minimum atomic E-state index is -0.0489. The van der Waals surface area contributed by atoms with Crippen molar-refractivity contribution in [3.8, 4) is 0 Å². The summed E-state index contributed by atoms with van der Waals surface area (Å²) in [6.07, 6.45) is 4.95. The molecule has 2 aliphatic heterocycles. The van der Waals surface area contributed by atoms with Crippen LogP contribution in [0.4, 0.5) is 0 Å². The number of aromatic nitrogens is 2. The quantitative estimate of drug-likeness (QED) is 0.907. The minimum Gasteiger partial charge on any atom is -0.349 e. The lowest BCUT2D eigenvalue weighted by molar-refractivity contribution is 0.0914. The van der Waals surface area contributed by atoms with Gasteiger partial charge >= 0.3 is 0 Å². The van der Waals surface area contributed by atoms with Crippen LogP contribution in [0, 0.1) is 5.92 Å². The zero-order valence-electron chi connectivity index (χ0n) is 12.4. The number of nitrogens with one attached hydrogen (secondary N) is 1. The molecule has 5 nitrogen and oxygen atoms in total. The van der Waals surface area contributed by atoms with Gasteiger partial charge in [-0.3, -0.25) is 9.69 Å². The van der Waals surface area contributed by atoms with Crippen LogP contribution in [0.25, 0.3) is 10.9 Å². The summed E-state index contributed by atoms with van der Waals surface area (Å²) in [7, 11) is 1.98. The SMILES string of the molecule is CC1CC2CN1CC2NC(=O)c1cc2ccn(C)c2cn1. The van der Waals surface area contributed by atoms with E-state index in [1.807, 2.05) is 29.9 Å². The first-order valence-electron chi connectivity index (χ1n) is 7.58. The highest BCUT2D eigenvalue weighted by molar-refractivity contribution is 5.96. The van der Waals surface area contributed by atoms with E-state index in [1.165, 1.54) is 6.42 Å². The van der Waals surface area contributed by atoms with E-state index in [4.69, 9.17) is 0 Å². The number of carbonyl (C=O) groups is 1. The van der Waals surface area contributed by atoms with E-state index >= 15 is 0 Å². The van der Waals surface area contributed by atoms with Gasteiger partial charge in [0.1, 0.15) is 5.69 Å². The highest BCUT2D eigenvalue weighted by Gasteiger charge is 2.42. The molecule has 4 atom stereocenters. The monoisotopic (exact) mass is 284 g/mol. The van der Waals surface area contributed by atoms with Crippen LogP contribution < -0.4 is 5.32 Å². The molecule has 2 aromatic heterocycles. The molecule has 2 aromatic rings. The zero-order chi connectivity index (χ0) is 14.6. The van der Waals surface area contributed by atoms with Crippen LogP contribution in [0.3, 0.4) is 0 Å². The van der Waals surface area contributed by atoms with Gasteiger partial charge in [0.25, 0.3) is 5.91 Å². The lowest BCUT2D eigenvalue weighted by atomic mass is 9.96. The molecule has 4 rings (SSSR count). The van der Waals surface area contributed by atoms with Gasteiger partial charge in [-0.05, 0) is 31.4 Å². The average molecular weight is 284 g/mol. The van der Waals surface area contributed by atoms with Crippen molar-refractivity contribution >= 4 is 16.8 Å². The molecule has 110 valence electrons. The Hall–Kier alpha value is -1.88. The summed E-state index contributed by atoms with van der Waals surface area (Å²) < 4.78 is 2.01. The molecule has 1 N–H and O–H groups in total. The normalized spacial score (nSPS) is 31.0. The Morgan fingerprint density at radius 2 is 2.29 bits per heavy atom. The molecule has 21 heavy (non-hydrogen) atoms. The van der Waals surface area contributed by atoms with Crippen molar-refractivity contribution in [1.82, 2.24) is 19.8 Å². The molecule has 0 aliphatic carbocycles. The highest BCUT2D eigenvalue weighted by Crippen LogP contribution is 2.32. The van der Waals surface area contributed by atoms with Crippen LogP contribution in [0.1, 0.15) is 23.8 Å². The highest BCUT2D eigenvalue weighted by atomic mass is 16.2. The number of carbonyl (C=O) groups excluding carboxylic acids is 1. The topological polar surface area (TPSA) is 50.2 Å². The third kappa shape index (κ3) is 2.03. The molecule has 4 unspecified atom stereocenters. The Bertz CT molecular complexity index is 705. The van der Waals surface area contributed by atoms with Gasteiger partial charge in [0.05, 0.1) is 11.7 Å². The van der Waals surface area contributed by atoms with Crippen LogP contribution in [0.5, 0.6) is 0 Å². The van der Waals surface area contributed by atoms with Gasteiger partial charge in [0, 0.05) is 43.8 Å². The number of aryl methyl sites for hydroxylation is 1. The molecule has 1 amide bonds. The molecule has 0 radical (unpaired) electrons. The van der Waals surface area contributed by atoms with Gasteiger partial charge in [-0.1, -0.05) is 0 Å². The fraction of sp³-hybridized carbons (Fsp3) is 0.500. The molecular weight excluding hydrogens is 264 g/mol. The Morgan fingerprint density at radius 1 is 1.43 bits per heavy atom. The molecule has 0 aromatic carbocycles. The van der Waals surface area contributed by atoms with Crippen molar-refractivity contribution in [3.05, 3.63) is 30.2 Å². The summed E-state index contributed by atoms with van der Waals surface area (Å²) >= 11 is 0. The first kappa shape index (κ1) is 12.8. The predicted octanol–water partition coefficient (Wildman–Crippen LogP) is 1.40. The second-order valence-electron chi connectivity index (χ2n) is 6.43. The van der Waals surface area contributed by atoms with Gasteiger partial charge in [0.15, 0.2) is 0 Å². The van der Waals surface area contributed by atoms with Crippen molar-refractivity contribution in [2.75, 3.05) is 13.1 Å². The average Bonchev–Trinajstić information content (AvgIpc) is 3.13. The third-order valence-corrected chi connectivity index (χ3v) is 5.06. The van der Waals surface area contributed by atoms with Crippen molar-refractivity contribution < 1.29 is 4.79 Å². The first-order chi connectivity index (χ1) is 10.1. The standard InChI is InChI=1S/C16H20N4O/c1-10-5-12-8-20(10)9-14(12)18-16(21)13-6-11-3-4-19(2)15(11)7-17-13/h3-4,6-7,10,12,14H,5,8-9H2,1-2H3,(H,18,21). The third-order valence-electron chi connectivity index (χ3n) is 5.06. The Morgan fingerprint density at radius 3 is 3.00 bits per heavy atom. The minimum absolute atomic E-state index is 0.0489. The van der Waals surface area contributed by atoms with Gasteiger partial charge in [-0.2, -0.15) is 0 Å². The second kappa shape index (κ2) is 4.56. The van der Waals surface area contributed by atoms with Crippen molar-refractivity contribution in [2.24, 2.45) is 13.0 Å². The second-order valence-corrected chi connectivity index (χ2v) is 6.43. The Kier molecular flexibility index (Phi) is 2.79. The van der Waals surface area contributed by atoms with Gasteiger partial charge in [-0.15, -0.1) is 0 Å². The number of nitrogens with zero attached hydrogens (tertiary/aromatic N) is 3. The number of hydrogen-bond acceptors (Lipinski definition) is 3. The number of rotatable bonds is 2. The molecule has 2 aliphatic rings. The molecule has 0 saturated carbocycles. The largest absolute Gasteiger partial charge is 0.349 e.